The molecule has 1 unspecified atom stereocenters. The lowest BCUT2D eigenvalue weighted by molar-refractivity contribution is -0.142. The summed E-state index contributed by atoms with van der Waals surface area (Å²) in [7, 11) is 0. The van der Waals surface area contributed by atoms with Crippen molar-refractivity contribution in [3.8, 4) is 5.75 Å². The van der Waals surface area contributed by atoms with E-state index in [-0.39, 0.29) is 12.0 Å². The van der Waals surface area contributed by atoms with Crippen LogP contribution in [-0.4, -0.2) is 42.1 Å². The molecular formula is C19H28N2O5. The monoisotopic (exact) mass is 364 g/mol. The summed E-state index contributed by atoms with van der Waals surface area (Å²) in [5.74, 6) is -1.66. The summed E-state index contributed by atoms with van der Waals surface area (Å²) in [6.45, 7) is 7.93. The van der Waals surface area contributed by atoms with Gasteiger partial charge in [0.2, 0.25) is 5.91 Å². The van der Waals surface area contributed by atoms with E-state index in [1.165, 1.54) is 0 Å². The third-order valence-electron chi connectivity index (χ3n) is 3.66. The Morgan fingerprint density at radius 2 is 1.85 bits per heavy atom. The zero-order valence-electron chi connectivity index (χ0n) is 15.8. The van der Waals surface area contributed by atoms with E-state index >= 15 is 0 Å². The highest BCUT2D eigenvalue weighted by Crippen LogP contribution is 2.21. The molecule has 2 amide bonds. The number of rotatable bonds is 9. The fourth-order valence-corrected chi connectivity index (χ4v) is 2.27. The number of aliphatic carboxylic acids is 1. The number of para-hydroxylation sites is 1. The Morgan fingerprint density at radius 3 is 2.42 bits per heavy atom. The van der Waals surface area contributed by atoms with Gasteiger partial charge in [0.05, 0.1) is 18.7 Å². The van der Waals surface area contributed by atoms with Crippen molar-refractivity contribution in [3.63, 3.8) is 0 Å². The minimum atomic E-state index is -1.09. The number of hydrogen-bond acceptors (Lipinski definition) is 4. The Kier molecular flexibility index (Phi) is 8.09. The normalized spacial score (nSPS) is 12.2. The van der Waals surface area contributed by atoms with Gasteiger partial charge in [-0.3, -0.25) is 9.59 Å². The van der Waals surface area contributed by atoms with Crippen molar-refractivity contribution < 1.29 is 24.2 Å². The van der Waals surface area contributed by atoms with Gasteiger partial charge in [0.25, 0.3) is 5.91 Å². The molecule has 0 aliphatic carbocycles. The van der Waals surface area contributed by atoms with E-state index in [0.29, 0.717) is 30.8 Å². The van der Waals surface area contributed by atoms with Crippen LogP contribution in [0.15, 0.2) is 24.3 Å². The van der Waals surface area contributed by atoms with Crippen LogP contribution in [0.3, 0.4) is 0 Å². The summed E-state index contributed by atoms with van der Waals surface area (Å²) in [6, 6.07) is 5.74. The van der Waals surface area contributed by atoms with Crippen LogP contribution >= 0.6 is 0 Å². The van der Waals surface area contributed by atoms with Crippen molar-refractivity contribution in [2.24, 2.45) is 5.41 Å². The second-order valence-electron chi connectivity index (χ2n) is 7.17. The van der Waals surface area contributed by atoms with Crippen LogP contribution in [0.4, 0.5) is 0 Å². The van der Waals surface area contributed by atoms with Crippen molar-refractivity contribution in [1.29, 1.82) is 0 Å². The van der Waals surface area contributed by atoms with E-state index in [9.17, 15) is 19.5 Å². The zero-order valence-corrected chi connectivity index (χ0v) is 15.8. The summed E-state index contributed by atoms with van der Waals surface area (Å²) in [5, 5.41) is 14.2. The van der Waals surface area contributed by atoms with Crippen LogP contribution in [0.2, 0.25) is 0 Å². The van der Waals surface area contributed by atoms with Crippen molar-refractivity contribution in [2.45, 2.75) is 46.6 Å². The number of ether oxygens (including phenoxy) is 1. The van der Waals surface area contributed by atoms with Gasteiger partial charge in [0.15, 0.2) is 0 Å². The predicted octanol–water partition coefficient (Wildman–Crippen LogP) is 2.21. The summed E-state index contributed by atoms with van der Waals surface area (Å²) >= 11 is 0. The molecule has 0 saturated carbocycles. The minimum absolute atomic E-state index is 0.0321. The van der Waals surface area contributed by atoms with E-state index < -0.39 is 23.8 Å². The zero-order chi connectivity index (χ0) is 19.7. The standard InChI is InChI=1S/C19H28N2O5/c1-5-26-15-9-7-6-8-13(15)17(23)20-12-16(22)21-14(18(24)25)10-11-19(2,3)4/h6-9,14H,5,10-12H2,1-4H3,(H,20,23)(H,21,22)(H,24,25). The molecule has 0 bridgehead atoms. The van der Waals surface area contributed by atoms with E-state index in [2.05, 4.69) is 10.6 Å². The average Bonchev–Trinajstić information content (AvgIpc) is 2.56. The maximum atomic E-state index is 12.2. The van der Waals surface area contributed by atoms with Crippen LogP contribution in [0.1, 0.15) is 50.9 Å². The highest BCUT2D eigenvalue weighted by atomic mass is 16.5. The first-order valence-corrected chi connectivity index (χ1v) is 8.66. The van der Waals surface area contributed by atoms with Gasteiger partial charge in [-0.15, -0.1) is 0 Å². The van der Waals surface area contributed by atoms with E-state index in [1.54, 1.807) is 24.3 Å². The average molecular weight is 364 g/mol. The molecule has 3 N–H and O–H groups in total. The molecular weight excluding hydrogens is 336 g/mol. The number of amides is 2. The molecule has 0 aliphatic rings. The quantitative estimate of drug-likeness (QED) is 0.623. The van der Waals surface area contributed by atoms with Gasteiger partial charge in [-0.05, 0) is 37.3 Å². The van der Waals surface area contributed by atoms with Crippen LogP contribution in [0.5, 0.6) is 5.75 Å². The molecule has 144 valence electrons. The first kappa shape index (κ1) is 21.5. The summed E-state index contributed by atoms with van der Waals surface area (Å²) in [4.78, 5) is 35.6. The number of nitrogens with one attached hydrogen (secondary N) is 2. The topological polar surface area (TPSA) is 105 Å². The number of carboxylic acid groups (broad SMARTS) is 1. The lowest BCUT2D eigenvalue weighted by atomic mass is 9.88. The molecule has 1 aromatic carbocycles. The van der Waals surface area contributed by atoms with Gasteiger partial charge in [-0.25, -0.2) is 4.79 Å². The molecule has 7 nitrogen and oxygen atoms in total. The van der Waals surface area contributed by atoms with E-state index in [1.807, 2.05) is 27.7 Å². The molecule has 0 heterocycles. The van der Waals surface area contributed by atoms with Crippen LogP contribution in [0.25, 0.3) is 0 Å². The molecule has 1 aromatic rings. The lowest BCUT2D eigenvalue weighted by Gasteiger charge is -2.21. The number of carbonyl (C=O) groups excluding carboxylic acids is 2. The fraction of sp³-hybridized carbons (Fsp3) is 0.526. The summed E-state index contributed by atoms with van der Waals surface area (Å²) in [6.07, 6.45) is 0.976. The molecule has 0 aromatic heterocycles. The van der Waals surface area contributed by atoms with Crippen molar-refractivity contribution >= 4 is 17.8 Å². The van der Waals surface area contributed by atoms with Gasteiger partial charge in [-0.2, -0.15) is 0 Å². The second kappa shape index (κ2) is 9.79. The van der Waals surface area contributed by atoms with Gasteiger partial charge in [-0.1, -0.05) is 32.9 Å². The highest BCUT2D eigenvalue weighted by molar-refractivity contribution is 5.99. The smallest absolute Gasteiger partial charge is 0.326 e. The van der Waals surface area contributed by atoms with E-state index in [4.69, 9.17) is 4.74 Å². The largest absolute Gasteiger partial charge is 0.493 e. The van der Waals surface area contributed by atoms with E-state index in [0.717, 1.165) is 0 Å². The first-order valence-electron chi connectivity index (χ1n) is 8.66. The van der Waals surface area contributed by atoms with Crippen molar-refractivity contribution in [1.82, 2.24) is 10.6 Å². The third-order valence-corrected chi connectivity index (χ3v) is 3.66. The summed E-state index contributed by atoms with van der Waals surface area (Å²) < 4.78 is 5.39. The van der Waals surface area contributed by atoms with Crippen LogP contribution in [-0.2, 0) is 9.59 Å². The summed E-state index contributed by atoms with van der Waals surface area (Å²) in [5.41, 5.74) is 0.292. The Labute approximate surface area is 154 Å². The predicted molar refractivity (Wildman–Crippen MR) is 98.2 cm³/mol. The molecule has 26 heavy (non-hydrogen) atoms. The minimum Gasteiger partial charge on any atom is -0.493 e. The van der Waals surface area contributed by atoms with Crippen molar-refractivity contribution in [3.05, 3.63) is 29.8 Å². The number of benzene rings is 1. The van der Waals surface area contributed by atoms with Crippen LogP contribution < -0.4 is 15.4 Å². The second-order valence-corrected chi connectivity index (χ2v) is 7.17. The maximum Gasteiger partial charge on any atom is 0.326 e. The molecule has 0 aliphatic heterocycles. The molecule has 7 heteroatoms. The van der Waals surface area contributed by atoms with Crippen LogP contribution in [0, 0.1) is 5.41 Å². The number of hydrogen-bond donors (Lipinski definition) is 3. The van der Waals surface area contributed by atoms with Gasteiger partial charge in [0, 0.05) is 0 Å². The maximum absolute atomic E-state index is 12.2. The van der Waals surface area contributed by atoms with Gasteiger partial charge >= 0.3 is 5.97 Å². The lowest BCUT2D eigenvalue weighted by Crippen LogP contribution is -2.45. The number of carboxylic acids is 1. The van der Waals surface area contributed by atoms with Crippen molar-refractivity contribution in [2.75, 3.05) is 13.2 Å². The Morgan fingerprint density at radius 1 is 1.19 bits per heavy atom. The van der Waals surface area contributed by atoms with Gasteiger partial charge < -0.3 is 20.5 Å². The molecule has 1 atom stereocenters. The molecule has 0 saturated heterocycles. The third kappa shape index (κ3) is 7.55. The Hall–Kier alpha value is -2.57. The molecule has 0 fully saturated rings. The van der Waals surface area contributed by atoms with Gasteiger partial charge in [0.1, 0.15) is 11.8 Å². The number of carbonyl (C=O) groups is 3. The molecule has 0 spiro atoms. The highest BCUT2D eigenvalue weighted by Gasteiger charge is 2.23. The SMILES string of the molecule is CCOc1ccccc1C(=O)NCC(=O)NC(CCC(C)(C)C)C(=O)O. The fourth-order valence-electron chi connectivity index (χ4n) is 2.27. The Bertz CT molecular complexity index is 637. The first-order chi connectivity index (χ1) is 12.1. The molecule has 1 rings (SSSR count). The Balaban J connectivity index is 2.59. The molecule has 0 radical (unpaired) electrons.